The Morgan fingerprint density at radius 1 is 1.02 bits per heavy atom. The van der Waals surface area contributed by atoms with Crippen molar-refractivity contribution in [2.24, 2.45) is 0 Å². The molecule has 0 saturated carbocycles. The van der Waals surface area contributed by atoms with E-state index in [-0.39, 0.29) is 24.0 Å². The van der Waals surface area contributed by atoms with E-state index < -0.39 is 0 Å². The lowest BCUT2D eigenvalue weighted by Crippen LogP contribution is -2.36. The summed E-state index contributed by atoms with van der Waals surface area (Å²) in [4.78, 5) is 36.3. The molecule has 1 aliphatic carbocycles. The summed E-state index contributed by atoms with van der Waals surface area (Å²) in [5, 5.41) is 13.2. The molecule has 6 rings (SSSR count). The van der Waals surface area contributed by atoms with Crippen molar-refractivity contribution in [2.45, 2.75) is 75.6 Å². The van der Waals surface area contributed by atoms with Crippen molar-refractivity contribution in [1.82, 2.24) is 30.8 Å². The number of nitrogens with zero attached hydrogens (tertiary/aromatic N) is 3. The highest BCUT2D eigenvalue weighted by Crippen LogP contribution is 2.40. The van der Waals surface area contributed by atoms with Gasteiger partial charge in [-0.05, 0) is 69.4 Å². The van der Waals surface area contributed by atoms with Crippen molar-refractivity contribution >= 4 is 29.5 Å². The number of carbonyl (C=O) groups excluding carboxylic acids is 2. The van der Waals surface area contributed by atoms with Crippen molar-refractivity contribution in [3.05, 3.63) is 76.7 Å². The van der Waals surface area contributed by atoms with Gasteiger partial charge in [0.2, 0.25) is 5.91 Å². The van der Waals surface area contributed by atoms with Gasteiger partial charge in [0.15, 0.2) is 0 Å². The molecule has 3 heterocycles. The van der Waals surface area contributed by atoms with Crippen molar-refractivity contribution in [1.29, 1.82) is 0 Å². The summed E-state index contributed by atoms with van der Waals surface area (Å²) >= 11 is 1.93. The van der Waals surface area contributed by atoms with Crippen LogP contribution in [0.15, 0.2) is 48.5 Å². The first-order valence-corrected chi connectivity index (χ1v) is 17.9. The van der Waals surface area contributed by atoms with Crippen LogP contribution in [-0.4, -0.2) is 83.1 Å². The number of aryl methyl sites for hydroxylation is 1. The molecule has 1 aromatic heterocycles. The molecule has 2 aromatic carbocycles. The van der Waals surface area contributed by atoms with Gasteiger partial charge >= 0.3 is 6.03 Å². The molecule has 244 valence electrons. The Balaban J connectivity index is 0.893. The van der Waals surface area contributed by atoms with Crippen LogP contribution in [0, 0.1) is 6.92 Å². The van der Waals surface area contributed by atoms with E-state index in [1.54, 1.807) is 0 Å². The average molecular weight is 642 g/mol. The number of rotatable bonds is 16. The van der Waals surface area contributed by atoms with Crippen LogP contribution >= 0.6 is 11.8 Å². The number of hydrogen-bond donors (Lipinski definition) is 4. The second kappa shape index (κ2) is 15.3. The van der Waals surface area contributed by atoms with E-state index in [1.807, 2.05) is 17.8 Å². The molecule has 0 bridgehead atoms. The zero-order chi connectivity index (χ0) is 31.9. The summed E-state index contributed by atoms with van der Waals surface area (Å²) in [5.74, 6) is 2.92. The molecule has 9 nitrogen and oxygen atoms in total. The number of urea groups is 1. The number of nitrogens with one attached hydrogen (secondary N) is 4. The maximum Gasteiger partial charge on any atom is 0.315 e. The predicted molar refractivity (Wildman–Crippen MR) is 186 cm³/mol. The van der Waals surface area contributed by atoms with Crippen LogP contribution in [-0.2, 0) is 17.6 Å². The molecule has 0 radical (unpaired) electrons. The van der Waals surface area contributed by atoms with Gasteiger partial charge in [0, 0.05) is 48.9 Å². The quantitative estimate of drug-likeness (QED) is 0.102. The van der Waals surface area contributed by atoms with Crippen LogP contribution in [0.1, 0.15) is 66.7 Å². The minimum atomic E-state index is -0.0399. The lowest BCUT2D eigenvalue weighted by molar-refractivity contribution is -0.121. The number of amides is 3. The fourth-order valence-electron chi connectivity index (χ4n) is 6.85. The number of carbonyl (C=O) groups is 2. The number of fused-ring (bicyclic) bond motifs is 4. The number of thioether (sulfide) groups is 1. The van der Waals surface area contributed by atoms with Crippen LogP contribution in [0.25, 0.3) is 11.1 Å². The Labute approximate surface area is 277 Å². The maximum absolute atomic E-state index is 12.3. The largest absolute Gasteiger partial charge is 0.369 e. The third-order valence-corrected chi connectivity index (χ3v) is 10.8. The Morgan fingerprint density at radius 2 is 1.85 bits per heavy atom. The third kappa shape index (κ3) is 8.20. The lowest BCUT2D eigenvalue weighted by atomic mass is 10.0. The van der Waals surface area contributed by atoms with E-state index in [4.69, 9.17) is 9.97 Å². The van der Waals surface area contributed by atoms with E-state index >= 15 is 0 Å². The molecule has 2 aliphatic heterocycles. The Morgan fingerprint density at radius 3 is 2.70 bits per heavy atom. The van der Waals surface area contributed by atoms with Crippen molar-refractivity contribution in [3.63, 3.8) is 0 Å². The zero-order valence-corrected chi connectivity index (χ0v) is 27.9. The van der Waals surface area contributed by atoms with Gasteiger partial charge in [-0.1, -0.05) is 60.5 Å². The minimum absolute atomic E-state index is 0.0399. The standard InChI is InChI=1S/C36H47N7O2S/c1-24-14-15-27-26(20-24)22-28-33(27)35(41-31(39-28)21-25-10-4-3-5-11-25)38-17-9-19-43(2)18-8-16-37-32(44)13-7-6-12-30-34-29(23-46-30)40-36(45)42-34/h3-5,10-11,14-15,20,29-30,34H,6-9,12-13,16-19,21-23H2,1-2H3,(H,37,44)(H,38,39,41)(H2,40,42,45)/t29?,30-,34?/m0/s1. The van der Waals surface area contributed by atoms with E-state index in [0.29, 0.717) is 18.2 Å². The fraction of sp³-hybridized carbons (Fsp3) is 0.500. The lowest BCUT2D eigenvalue weighted by Gasteiger charge is -2.18. The van der Waals surface area contributed by atoms with E-state index in [0.717, 1.165) is 93.2 Å². The van der Waals surface area contributed by atoms with Crippen LogP contribution < -0.4 is 21.3 Å². The predicted octanol–water partition coefficient (Wildman–Crippen LogP) is 4.91. The molecule has 2 unspecified atom stereocenters. The molecule has 2 fully saturated rings. The van der Waals surface area contributed by atoms with Gasteiger partial charge in [0.05, 0.1) is 17.8 Å². The highest BCUT2D eigenvalue weighted by molar-refractivity contribution is 8.00. The first-order chi connectivity index (χ1) is 22.4. The van der Waals surface area contributed by atoms with Gasteiger partial charge in [-0.25, -0.2) is 14.8 Å². The van der Waals surface area contributed by atoms with Gasteiger partial charge in [0.1, 0.15) is 11.6 Å². The SMILES string of the molecule is Cc1ccc2c(c1)Cc1nc(Cc3ccccc3)nc(NCCCN(C)CCCNC(=O)CCCC[C@@H]3SCC4NC(=O)NC43)c1-2. The van der Waals surface area contributed by atoms with Crippen molar-refractivity contribution in [3.8, 4) is 11.1 Å². The fourth-order valence-corrected chi connectivity index (χ4v) is 8.40. The topological polar surface area (TPSA) is 111 Å². The molecule has 4 N–H and O–H groups in total. The average Bonchev–Trinajstić information content (AvgIpc) is 3.71. The van der Waals surface area contributed by atoms with E-state index in [1.165, 1.54) is 22.3 Å². The van der Waals surface area contributed by atoms with Gasteiger partial charge in [-0.3, -0.25) is 4.79 Å². The number of anilines is 1. The summed E-state index contributed by atoms with van der Waals surface area (Å²) in [6.45, 7) is 5.59. The molecule has 2 saturated heterocycles. The van der Waals surface area contributed by atoms with Gasteiger partial charge < -0.3 is 26.2 Å². The maximum atomic E-state index is 12.3. The summed E-state index contributed by atoms with van der Waals surface area (Å²) in [7, 11) is 2.15. The highest BCUT2D eigenvalue weighted by atomic mass is 32.2. The Bertz CT molecular complexity index is 1520. The molecule has 0 spiro atoms. The number of benzene rings is 2. The number of hydrogen-bond acceptors (Lipinski definition) is 7. The number of aromatic nitrogens is 2. The molecule has 46 heavy (non-hydrogen) atoms. The normalized spacial score (nSPS) is 19.4. The second-order valence-electron chi connectivity index (χ2n) is 13.0. The highest BCUT2D eigenvalue weighted by Gasteiger charge is 2.42. The molecular weight excluding hydrogens is 595 g/mol. The molecule has 3 amide bonds. The van der Waals surface area contributed by atoms with Crippen LogP contribution in [0.2, 0.25) is 0 Å². The van der Waals surface area contributed by atoms with Crippen LogP contribution in [0.5, 0.6) is 0 Å². The first-order valence-electron chi connectivity index (χ1n) is 16.8. The third-order valence-electron chi connectivity index (χ3n) is 9.25. The monoisotopic (exact) mass is 641 g/mol. The van der Waals surface area contributed by atoms with E-state index in [9.17, 15) is 9.59 Å². The van der Waals surface area contributed by atoms with Gasteiger partial charge in [-0.15, -0.1) is 0 Å². The summed E-state index contributed by atoms with van der Waals surface area (Å²) in [6, 6.07) is 17.6. The molecule has 3 atom stereocenters. The first kappa shape index (κ1) is 32.3. The second-order valence-corrected chi connectivity index (χ2v) is 14.2. The van der Waals surface area contributed by atoms with Crippen molar-refractivity contribution in [2.75, 3.05) is 44.3 Å². The van der Waals surface area contributed by atoms with Gasteiger partial charge in [0.25, 0.3) is 0 Å². The smallest absolute Gasteiger partial charge is 0.315 e. The van der Waals surface area contributed by atoms with Crippen LogP contribution in [0.3, 0.4) is 0 Å². The molecule has 10 heteroatoms. The molecule has 3 aliphatic rings. The summed E-state index contributed by atoms with van der Waals surface area (Å²) in [6.07, 6.45) is 7.02. The Hall–Kier alpha value is -3.63. The van der Waals surface area contributed by atoms with Crippen LogP contribution in [0.4, 0.5) is 10.6 Å². The zero-order valence-electron chi connectivity index (χ0n) is 27.1. The van der Waals surface area contributed by atoms with Crippen molar-refractivity contribution < 1.29 is 9.59 Å². The summed E-state index contributed by atoms with van der Waals surface area (Å²) < 4.78 is 0. The molecular formula is C36H47N7O2S. The Kier molecular flexibility index (Phi) is 10.8. The molecule has 3 aromatic rings. The minimum Gasteiger partial charge on any atom is -0.369 e. The summed E-state index contributed by atoms with van der Waals surface area (Å²) in [5.41, 5.74) is 7.33. The van der Waals surface area contributed by atoms with E-state index in [2.05, 4.69) is 82.6 Å². The van der Waals surface area contributed by atoms with Gasteiger partial charge in [-0.2, -0.15) is 11.8 Å². The number of unbranched alkanes of at least 4 members (excludes halogenated alkanes) is 1.